The molecule has 1 fully saturated rings. The van der Waals surface area contributed by atoms with Crippen LogP contribution in [0.2, 0.25) is 0 Å². The van der Waals surface area contributed by atoms with E-state index in [2.05, 4.69) is 17.1 Å². The Morgan fingerprint density at radius 3 is 2.74 bits per heavy atom. The lowest BCUT2D eigenvalue weighted by Gasteiger charge is -2.32. The van der Waals surface area contributed by atoms with Crippen molar-refractivity contribution in [1.82, 2.24) is 4.90 Å². The quantitative estimate of drug-likeness (QED) is 0.800. The summed E-state index contributed by atoms with van der Waals surface area (Å²) in [7, 11) is 0. The van der Waals surface area contributed by atoms with E-state index in [1.54, 1.807) is 24.3 Å². The fourth-order valence-corrected chi connectivity index (χ4v) is 2.70. The van der Waals surface area contributed by atoms with Gasteiger partial charge in [0.05, 0.1) is 12.6 Å². The number of nitrogens with one attached hydrogen (secondary N) is 1. The number of benzene rings is 1. The highest BCUT2D eigenvalue weighted by atomic mass is 16.5. The first-order valence-corrected chi connectivity index (χ1v) is 8.12. The summed E-state index contributed by atoms with van der Waals surface area (Å²) in [5.74, 6) is -0.540. The summed E-state index contributed by atoms with van der Waals surface area (Å²) in [6.07, 6.45) is 3.35. The highest BCUT2D eigenvalue weighted by Gasteiger charge is 2.21. The molecule has 23 heavy (non-hydrogen) atoms. The van der Waals surface area contributed by atoms with Crippen LogP contribution in [0.15, 0.2) is 24.3 Å². The van der Waals surface area contributed by atoms with Crippen LogP contribution in [-0.4, -0.2) is 49.1 Å². The SMILES string of the molecule is CCCOC1CCCN(CC(=O)Nc2ccc(C(N)=O)cc2)C1. The molecule has 1 aliphatic rings. The van der Waals surface area contributed by atoms with Crippen molar-refractivity contribution in [3.63, 3.8) is 0 Å². The number of primary amides is 1. The maximum absolute atomic E-state index is 12.1. The Hall–Kier alpha value is -1.92. The summed E-state index contributed by atoms with van der Waals surface area (Å²) < 4.78 is 5.78. The van der Waals surface area contributed by atoms with Gasteiger partial charge in [0.2, 0.25) is 11.8 Å². The number of nitrogens with two attached hydrogens (primary N) is 1. The highest BCUT2D eigenvalue weighted by molar-refractivity contribution is 5.95. The molecule has 1 aromatic rings. The van der Waals surface area contributed by atoms with Crippen molar-refractivity contribution in [3.05, 3.63) is 29.8 Å². The van der Waals surface area contributed by atoms with Crippen LogP contribution in [0.25, 0.3) is 0 Å². The first-order valence-electron chi connectivity index (χ1n) is 8.12. The van der Waals surface area contributed by atoms with Crippen molar-refractivity contribution >= 4 is 17.5 Å². The molecule has 0 radical (unpaired) electrons. The van der Waals surface area contributed by atoms with E-state index in [0.717, 1.165) is 39.0 Å². The van der Waals surface area contributed by atoms with Gasteiger partial charge < -0.3 is 15.8 Å². The summed E-state index contributed by atoms with van der Waals surface area (Å²) in [6, 6.07) is 6.57. The van der Waals surface area contributed by atoms with Crippen molar-refractivity contribution in [2.75, 3.05) is 31.6 Å². The van der Waals surface area contributed by atoms with Crippen LogP contribution in [0, 0.1) is 0 Å². The summed E-state index contributed by atoms with van der Waals surface area (Å²) in [5.41, 5.74) is 6.28. The number of hydrogen-bond acceptors (Lipinski definition) is 4. The van der Waals surface area contributed by atoms with Crippen molar-refractivity contribution in [2.24, 2.45) is 5.73 Å². The minimum Gasteiger partial charge on any atom is -0.377 e. The number of hydrogen-bond donors (Lipinski definition) is 2. The Morgan fingerprint density at radius 1 is 1.35 bits per heavy atom. The molecule has 2 amide bonds. The van der Waals surface area contributed by atoms with Crippen LogP contribution in [-0.2, 0) is 9.53 Å². The topological polar surface area (TPSA) is 84.7 Å². The van der Waals surface area contributed by atoms with E-state index in [1.807, 2.05) is 0 Å². The van der Waals surface area contributed by atoms with E-state index >= 15 is 0 Å². The third kappa shape index (κ3) is 5.65. The second-order valence-electron chi connectivity index (χ2n) is 5.86. The molecular formula is C17H25N3O3. The van der Waals surface area contributed by atoms with Gasteiger partial charge in [0, 0.05) is 24.4 Å². The van der Waals surface area contributed by atoms with E-state index in [4.69, 9.17) is 10.5 Å². The fraction of sp³-hybridized carbons (Fsp3) is 0.529. The molecule has 6 heteroatoms. The average Bonchev–Trinajstić information content (AvgIpc) is 2.53. The summed E-state index contributed by atoms with van der Waals surface area (Å²) in [5, 5.41) is 2.84. The van der Waals surface area contributed by atoms with Gasteiger partial charge in [-0.25, -0.2) is 0 Å². The summed E-state index contributed by atoms with van der Waals surface area (Å²) in [6.45, 7) is 4.94. The van der Waals surface area contributed by atoms with Gasteiger partial charge >= 0.3 is 0 Å². The molecule has 1 atom stereocenters. The van der Waals surface area contributed by atoms with E-state index in [1.165, 1.54) is 0 Å². The van der Waals surface area contributed by atoms with Crippen molar-refractivity contribution < 1.29 is 14.3 Å². The Kier molecular flexibility index (Phi) is 6.55. The zero-order valence-electron chi connectivity index (χ0n) is 13.6. The van der Waals surface area contributed by atoms with Crippen LogP contribution in [0.3, 0.4) is 0 Å². The summed E-state index contributed by atoms with van der Waals surface area (Å²) in [4.78, 5) is 25.3. The summed E-state index contributed by atoms with van der Waals surface area (Å²) >= 11 is 0. The largest absolute Gasteiger partial charge is 0.377 e. The van der Waals surface area contributed by atoms with E-state index in [0.29, 0.717) is 17.8 Å². The molecular weight excluding hydrogens is 294 g/mol. The first-order chi connectivity index (χ1) is 11.1. The zero-order valence-corrected chi connectivity index (χ0v) is 13.6. The second kappa shape index (κ2) is 8.64. The average molecular weight is 319 g/mol. The molecule has 1 aromatic carbocycles. The third-order valence-corrected chi connectivity index (χ3v) is 3.84. The van der Waals surface area contributed by atoms with Gasteiger partial charge in [-0.15, -0.1) is 0 Å². The number of likely N-dealkylation sites (tertiary alicyclic amines) is 1. The number of anilines is 1. The van der Waals surface area contributed by atoms with Crippen molar-refractivity contribution in [3.8, 4) is 0 Å². The van der Waals surface area contributed by atoms with Crippen LogP contribution in [0.5, 0.6) is 0 Å². The van der Waals surface area contributed by atoms with Crippen molar-refractivity contribution in [2.45, 2.75) is 32.3 Å². The van der Waals surface area contributed by atoms with Crippen LogP contribution in [0.1, 0.15) is 36.5 Å². The monoisotopic (exact) mass is 319 g/mol. The van der Waals surface area contributed by atoms with Gasteiger partial charge in [-0.2, -0.15) is 0 Å². The Labute approximate surface area is 137 Å². The minimum atomic E-state index is -0.477. The van der Waals surface area contributed by atoms with Gasteiger partial charge in [0.25, 0.3) is 0 Å². The Morgan fingerprint density at radius 2 is 2.09 bits per heavy atom. The van der Waals surface area contributed by atoms with Gasteiger partial charge in [-0.05, 0) is 50.1 Å². The molecule has 6 nitrogen and oxygen atoms in total. The Balaban J connectivity index is 1.80. The van der Waals surface area contributed by atoms with Crippen LogP contribution >= 0.6 is 0 Å². The van der Waals surface area contributed by atoms with Crippen molar-refractivity contribution in [1.29, 1.82) is 0 Å². The lowest BCUT2D eigenvalue weighted by atomic mass is 10.1. The molecule has 0 saturated carbocycles. The number of piperidine rings is 1. The van der Waals surface area contributed by atoms with E-state index < -0.39 is 5.91 Å². The molecule has 1 unspecified atom stereocenters. The number of ether oxygens (including phenoxy) is 1. The molecule has 0 spiro atoms. The molecule has 1 saturated heterocycles. The maximum atomic E-state index is 12.1. The van der Waals surface area contributed by atoms with E-state index in [9.17, 15) is 9.59 Å². The number of rotatable bonds is 7. The zero-order chi connectivity index (χ0) is 16.7. The number of amides is 2. The molecule has 1 heterocycles. The number of carbonyl (C=O) groups is 2. The molecule has 0 aliphatic carbocycles. The first kappa shape index (κ1) is 17.4. The normalized spacial score (nSPS) is 18.6. The number of nitrogens with zero attached hydrogens (tertiary/aromatic N) is 1. The van der Waals surface area contributed by atoms with Crippen LogP contribution in [0.4, 0.5) is 5.69 Å². The van der Waals surface area contributed by atoms with Gasteiger partial charge in [0.1, 0.15) is 0 Å². The molecule has 3 N–H and O–H groups in total. The lowest BCUT2D eigenvalue weighted by Crippen LogP contribution is -2.43. The molecule has 1 aliphatic heterocycles. The maximum Gasteiger partial charge on any atom is 0.248 e. The number of carbonyl (C=O) groups excluding carboxylic acids is 2. The third-order valence-electron chi connectivity index (χ3n) is 3.84. The Bertz CT molecular complexity index is 530. The van der Waals surface area contributed by atoms with Crippen LogP contribution < -0.4 is 11.1 Å². The molecule has 0 aromatic heterocycles. The fourth-order valence-electron chi connectivity index (χ4n) is 2.70. The smallest absolute Gasteiger partial charge is 0.248 e. The van der Waals surface area contributed by atoms with Gasteiger partial charge in [-0.1, -0.05) is 6.92 Å². The van der Waals surface area contributed by atoms with Gasteiger partial charge in [0.15, 0.2) is 0 Å². The molecule has 126 valence electrons. The standard InChI is InChI=1S/C17H25N3O3/c1-2-10-23-15-4-3-9-20(11-15)12-16(21)19-14-7-5-13(6-8-14)17(18)22/h5-8,15H,2-4,9-12H2,1H3,(H2,18,22)(H,19,21). The van der Waals surface area contributed by atoms with Gasteiger partial charge in [-0.3, -0.25) is 14.5 Å². The second-order valence-corrected chi connectivity index (χ2v) is 5.86. The lowest BCUT2D eigenvalue weighted by molar-refractivity contribution is -0.118. The van der Waals surface area contributed by atoms with E-state index in [-0.39, 0.29) is 12.0 Å². The predicted octanol–water partition coefficient (Wildman–Crippen LogP) is 1.61. The molecule has 0 bridgehead atoms. The molecule has 2 rings (SSSR count). The minimum absolute atomic E-state index is 0.0621. The predicted molar refractivity (Wildman–Crippen MR) is 89.3 cm³/mol. The highest BCUT2D eigenvalue weighted by Crippen LogP contribution is 2.14.